The highest BCUT2D eigenvalue weighted by Crippen LogP contribution is 2.44. The fourth-order valence-electron chi connectivity index (χ4n) is 4.72. The van der Waals surface area contributed by atoms with E-state index in [1.807, 2.05) is 72.0 Å². The second kappa shape index (κ2) is 13.2. The van der Waals surface area contributed by atoms with Crippen molar-refractivity contribution >= 4 is 18.0 Å². The number of alkyl carbamates (subject to hydrolysis) is 1. The molecule has 8 nitrogen and oxygen atoms in total. The molecule has 4 rings (SSSR count). The normalized spacial score (nSPS) is 14.5. The smallest absolute Gasteiger partial charge is 0.407 e. The maximum absolute atomic E-state index is 13.4. The third-order valence-corrected chi connectivity index (χ3v) is 6.75. The Hall–Kier alpha value is -4.31. The summed E-state index contributed by atoms with van der Waals surface area (Å²) in [6.45, 7) is 1.57. The number of rotatable bonds is 12. The van der Waals surface area contributed by atoms with Gasteiger partial charge in [-0.15, -0.1) is 0 Å². The van der Waals surface area contributed by atoms with Crippen molar-refractivity contribution in [2.75, 3.05) is 6.61 Å². The first-order valence-electron chi connectivity index (χ1n) is 12.8. The summed E-state index contributed by atoms with van der Waals surface area (Å²) in [5, 5.41) is 13.4. The van der Waals surface area contributed by atoms with Crippen LogP contribution >= 0.6 is 0 Å². The maximum Gasteiger partial charge on any atom is 0.407 e. The lowest BCUT2D eigenvalue weighted by Gasteiger charge is -2.27. The minimum Gasteiger partial charge on any atom is -0.481 e. The topological polar surface area (TPSA) is 114 Å². The monoisotopic (exact) mass is 552 g/mol. The van der Waals surface area contributed by atoms with Crippen LogP contribution in [0.1, 0.15) is 36.0 Å². The largest absolute Gasteiger partial charge is 0.481 e. The van der Waals surface area contributed by atoms with E-state index in [0.29, 0.717) is 0 Å². The molecule has 1 aliphatic carbocycles. The van der Waals surface area contributed by atoms with Crippen LogP contribution in [-0.4, -0.2) is 54.3 Å². The van der Waals surface area contributed by atoms with E-state index < -0.39 is 49.0 Å². The minimum atomic E-state index is -3.13. The third kappa shape index (κ3) is 7.01. The summed E-state index contributed by atoms with van der Waals surface area (Å²) >= 11 is 0. The summed E-state index contributed by atoms with van der Waals surface area (Å²) in [5.74, 6) is -2.74. The molecule has 0 bridgehead atoms. The molecule has 0 aliphatic heterocycles. The number of carbonyl (C=O) groups is 3. The number of aliphatic carboxylic acids is 1. The molecular formula is C30H30F2N2O6. The molecule has 3 aromatic rings. The summed E-state index contributed by atoms with van der Waals surface area (Å²) in [6, 6.07) is 21.3. The van der Waals surface area contributed by atoms with Crippen molar-refractivity contribution in [3.8, 4) is 11.1 Å². The summed E-state index contributed by atoms with van der Waals surface area (Å²) in [5.41, 5.74) is 4.89. The zero-order chi connectivity index (χ0) is 28.6. The van der Waals surface area contributed by atoms with Gasteiger partial charge in [-0.3, -0.25) is 9.59 Å². The van der Waals surface area contributed by atoms with Crippen molar-refractivity contribution < 1.29 is 37.7 Å². The van der Waals surface area contributed by atoms with Gasteiger partial charge in [0.05, 0.1) is 19.1 Å². The first kappa shape index (κ1) is 28.7. The number of alkyl halides is 2. The average Bonchev–Trinajstić information content (AvgIpc) is 3.27. The Kier molecular flexibility index (Phi) is 9.44. The molecule has 1 aliphatic rings. The highest BCUT2D eigenvalue weighted by molar-refractivity contribution is 5.87. The van der Waals surface area contributed by atoms with Gasteiger partial charge in [0, 0.05) is 5.92 Å². The van der Waals surface area contributed by atoms with Gasteiger partial charge in [-0.25, -0.2) is 13.6 Å². The number of amides is 2. The second-order valence-corrected chi connectivity index (χ2v) is 9.50. The molecule has 3 aromatic carbocycles. The zero-order valence-electron chi connectivity index (χ0n) is 21.8. The number of hydrogen-bond donors (Lipinski definition) is 3. The molecule has 0 fully saturated rings. The molecule has 3 N–H and O–H groups in total. The fraction of sp³-hybridized carbons (Fsp3) is 0.300. The second-order valence-electron chi connectivity index (χ2n) is 9.50. The van der Waals surface area contributed by atoms with Crippen LogP contribution in [0, 0.1) is 0 Å². The predicted molar refractivity (Wildman–Crippen MR) is 143 cm³/mol. The molecule has 40 heavy (non-hydrogen) atoms. The van der Waals surface area contributed by atoms with Gasteiger partial charge in [0.25, 0.3) is 6.43 Å². The first-order valence-corrected chi connectivity index (χ1v) is 12.8. The Morgan fingerprint density at radius 1 is 0.875 bits per heavy atom. The van der Waals surface area contributed by atoms with Gasteiger partial charge >= 0.3 is 12.1 Å². The summed E-state index contributed by atoms with van der Waals surface area (Å²) in [6.07, 6.45) is -6.02. The number of carboxylic acids is 1. The molecular weight excluding hydrogens is 522 g/mol. The van der Waals surface area contributed by atoms with Crippen LogP contribution in [0.3, 0.4) is 0 Å². The number of hydrogen-bond acceptors (Lipinski definition) is 5. The van der Waals surface area contributed by atoms with E-state index in [0.717, 1.165) is 27.8 Å². The van der Waals surface area contributed by atoms with Crippen LogP contribution in [-0.2, 0) is 25.7 Å². The Balaban J connectivity index is 1.46. The van der Waals surface area contributed by atoms with Crippen molar-refractivity contribution in [2.24, 2.45) is 0 Å². The van der Waals surface area contributed by atoms with E-state index in [1.165, 1.54) is 6.92 Å². The van der Waals surface area contributed by atoms with Gasteiger partial charge in [0.2, 0.25) is 5.91 Å². The molecule has 0 spiro atoms. The Labute approximate surface area is 230 Å². The first-order chi connectivity index (χ1) is 19.2. The molecule has 0 saturated carbocycles. The van der Waals surface area contributed by atoms with E-state index in [-0.39, 0.29) is 19.1 Å². The average molecular weight is 553 g/mol. The highest BCUT2D eigenvalue weighted by Gasteiger charge is 2.34. The van der Waals surface area contributed by atoms with Crippen LogP contribution in [0.25, 0.3) is 11.1 Å². The van der Waals surface area contributed by atoms with E-state index in [1.54, 1.807) is 12.1 Å². The van der Waals surface area contributed by atoms with Gasteiger partial charge in [-0.1, -0.05) is 78.9 Å². The molecule has 10 heteroatoms. The highest BCUT2D eigenvalue weighted by atomic mass is 19.3. The number of nitrogens with one attached hydrogen (secondary N) is 2. The van der Waals surface area contributed by atoms with Crippen molar-refractivity contribution in [1.82, 2.24) is 10.6 Å². The number of carbonyl (C=O) groups excluding carboxylic acids is 2. The molecule has 3 unspecified atom stereocenters. The van der Waals surface area contributed by atoms with Crippen molar-refractivity contribution in [1.29, 1.82) is 0 Å². The van der Waals surface area contributed by atoms with Gasteiger partial charge < -0.3 is 25.2 Å². The molecule has 3 atom stereocenters. The van der Waals surface area contributed by atoms with Gasteiger partial charge in [-0.2, -0.15) is 0 Å². The van der Waals surface area contributed by atoms with Crippen LogP contribution in [0.2, 0.25) is 0 Å². The Morgan fingerprint density at radius 2 is 1.45 bits per heavy atom. The SMILES string of the molecule is CC(OCc1ccccc1)C(NC(=O)OCC1c2ccccc2-c2ccccc21)C(=O)NC(CC(=O)O)C(F)F. The summed E-state index contributed by atoms with van der Waals surface area (Å²) in [7, 11) is 0. The molecule has 0 heterocycles. The van der Waals surface area contributed by atoms with E-state index in [2.05, 4.69) is 5.32 Å². The van der Waals surface area contributed by atoms with E-state index in [4.69, 9.17) is 14.6 Å². The quantitative estimate of drug-likeness (QED) is 0.300. The van der Waals surface area contributed by atoms with Crippen molar-refractivity contribution in [3.63, 3.8) is 0 Å². The third-order valence-electron chi connectivity index (χ3n) is 6.75. The Bertz CT molecular complexity index is 1290. The molecule has 2 amide bonds. The molecule has 210 valence electrons. The fourth-order valence-corrected chi connectivity index (χ4v) is 4.72. The van der Waals surface area contributed by atoms with Crippen LogP contribution in [0.15, 0.2) is 78.9 Å². The number of benzene rings is 3. The number of halogens is 2. The van der Waals surface area contributed by atoms with Gasteiger partial charge in [0.1, 0.15) is 18.7 Å². The number of carboxylic acid groups (broad SMARTS) is 1. The van der Waals surface area contributed by atoms with Crippen LogP contribution < -0.4 is 10.6 Å². The van der Waals surface area contributed by atoms with Crippen LogP contribution in [0.5, 0.6) is 0 Å². The van der Waals surface area contributed by atoms with E-state index >= 15 is 0 Å². The van der Waals surface area contributed by atoms with Crippen molar-refractivity contribution in [3.05, 3.63) is 95.6 Å². The molecule has 0 saturated heterocycles. The number of ether oxygens (including phenoxy) is 2. The van der Waals surface area contributed by atoms with Gasteiger partial charge in [0.15, 0.2) is 0 Å². The summed E-state index contributed by atoms with van der Waals surface area (Å²) in [4.78, 5) is 37.0. The minimum absolute atomic E-state index is 0.0217. The Morgan fingerprint density at radius 3 is 2.02 bits per heavy atom. The lowest BCUT2D eigenvalue weighted by molar-refractivity contribution is -0.139. The predicted octanol–water partition coefficient (Wildman–Crippen LogP) is 4.72. The number of fused-ring (bicyclic) bond motifs is 3. The zero-order valence-corrected chi connectivity index (χ0v) is 21.8. The van der Waals surface area contributed by atoms with Gasteiger partial charge in [-0.05, 0) is 34.7 Å². The van der Waals surface area contributed by atoms with Crippen molar-refractivity contribution in [2.45, 2.75) is 50.5 Å². The maximum atomic E-state index is 13.4. The summed E-state index contributed by atoms with van der Waals surface area (Å²) < 4.78 is 38.2. The molecule has 0 aromatic heterocycles. The van der Waals surface area contributed by atoms with E-state index in [9.17, 15) is 23.2 Å². The lowest BCUT2D eigenvalue weighted by atomic mass is 9.98. The van der Waals surface area contributed by atoms with Crippen LogP contribution in [0.4, 0.5) is 13.6 Å². The lowest BCUT2D eigenvalue weighted by Crippen LogP contribution is -2.56. The standard InChI is InChI=1S/C30H30F2N2O6/c1-18(39-16-19-9-3-2-4-10-19)27(29(37)33-25(28(31)32)15-26(35)36)34-30(38)40-17-24-22-13-7-5-11-20(22)21-12-6-8-14-23(21)24/h2-14,18,24-25,27-28H,15-17H2,1H3,(H,33,37)(H,34,38)(H,35,36). The molecule has 0 radical (unpaired) electrons.